The molecule has 0 fully saturated rings. The number of hydrogen-bond donors (Lipinski definition) is 0. The molecule has 1 nitrogen and oxygen atoms in total. The molecule has 0 atom stereocenters. The zero-order valence-corrected chi connectivity index (χ0v) is 10.4. The molecule has 2 heteroatoms. The second-order valence-electron chi connectivity index (χ2n) is 4.73. The molecule has 0 aromatic carbocycles. The molecule has 1 rings (SSSR count). The molecule has 0 aromatic rings. The third-order valence-corrected chi connectivity index (χ3v) is 3.11. The Labute approximate surface area is 82.6 Å². The third kappa shape index (κ3) is 3.03. The van der Waals surface area contributed by atoms with Crippen LogP contribution in [0.1, 0.15) is 26.7 Å². The van der Waals surface area contributed by atoms with Crippen LogP contribution in [0.25, 0.3) is 0 Å². The fraction of sp³-hybridized carbons (Fsp3) is 0.636. The van der Waals surface area contributed by atoms with Gasteiger partial charge in [-0.3, -0.25) is 0 Å². The molecule has 0 aromatic heterocycles. The van der Waals surface area contributed by atoms with Crippen molar-refractivity contribution in [2.45, 2.75) is 46.3 Å². The van der Waals surface area contributed by atoms with Crippen molar-refractivity contribution in [1.82, 2.24) is 0 Å². The summed E-state index contributed by atoms with van der Waals surface area (Å²) in [6.07, 6.45) is 4.58. The quantitative estimate of drug-likeness (QED) is 0.610. The van der Waals surface area contributed by atoms with Crippen LogP contribution in [0, 0.1) is 0 Å². The lowest BCUT2D eigenvalue weighted by Gasteiger charge is -2.25. The lowest BCUT2D eigenvalue weighted by Crippen LogP contribution is -2.25. The predicted molar refractivity (Wildman–Crippen MR) is 60.1 cm³/mol. The predicted octanol–water partition coefficient (Wildman–Crippen LogP) is 3.85. The van der Waals surface area contributed by atoms with Crippen LogP contribution in [-0.2, 0) is 4.43 Å². The maximum Gasteiger partial charge on any atom is 0.242 e. The molecule has 0 N–H and O–H groups in total. The van der Waals surface area contributed by atoms with Gasteiger partial charge in [0.25, 0.3) is 0 Å². The van der Waals surface area contributed by atoms with Crippen LogP contribution in [0.3, 0.4) is 0 Å². The van der Waals surface area contributed by atoms with E-state index in [1.54, 1.807) is 0 Å². The summed E-state index contributed by atoms with van der Waals surface area (Å²) in [5.41, 5.74) is 2.84. The molecule has 1 aliphatic carbocycles. The molecule has 0 amide bonds. The first-order valence-corrected chi connectivity index (χ1v) is 8.37. The first kappa shape index (κ1) is 10.6. The topological polar surface area (TPSA) is 9.23 Å². The SMILES string of the molecule is CC1=C(C)C(O[Si](C)(C)C)=CCC1. The normalized spacial score (nSPS) is 18.7. The molecular weight excluding hydrogens is 176 g/mol. The average Bonchev–Trinajstić information content (AvgIpc) is 1.96. The maximum atomic E-state index is 6.00. The van der Waals surface area contributed by atoms with Gasteiger partial charge in [-0.2, -0.15) is 0 Å². The van der Waals surface area contributed by atoms with Crippen LogP contribution in [0.15, 0.2) is 23.0 Å². The molecule has 0 heterocycles. The smallest absolute Gasteiger partial charge is 0.242 e. The first-order valence-electron chi connectivity index (χ1n) is 4.96. The summed E-state index contributed by atoms with van der Waals surface area (Å²) in [6.45, 7) is 11.1. The van der Waals surface area contributed by atoms with E-state index < -0.39 is 8.32 Å². The molecule has 0 spiro atoms. The number of rotatable bonds is 2. The van der Waals surface area contributed by atoms with Crippen LogP contribution < -0.4 is 0 Å². The molecule has 1 aliphatic rings. The Kier molecular flexibility index (Phi) is 3.01. The second-order valence-corrected chi connectivity index (χ2v) is 9.16. The van der Waals surface area contributed by atoms with E-state index in [1.807, 2.05) is 0 Å². The summed E-state index contributed by atoms with van der Waals surface area (Å²) < 4.78 is 6.00. The summed E-state index contributed by atoms with van der Waals surface area (Å²) in [4.78, 5) is 0. The van der Waals surface area contributed by atoms with Crippen molar-refractivity contribution >= 4 is 8.32 Å². The van der Waals surface area contributed by atoms with Gasteiger partial charge in [-0.15, -0.1) is 0 Å². The lowest BCUT2D eigenvalue weighted by atomic mass is 9.99. The van der Waals surface area contributed by atoms with Gasteiger partial charge >= 0.3 is 0 Å². The summed E-state index contributed by atoms with van der Waals surface area (Å²) >= 11 is 0. The van der Waals surface area contributed by atoms with Crippen LogP contribution in [0.2, 0.25) is 19.6 Å². The van der Waals surface area contributed by atoms with Crippen LogP contribution in [0.4, 0.5) is 0 Å². The highest BCUT2D eigenvalue weighted by atomic mass is 28.4. The van der Waals surface area contributed by atoms with E-state index in [0.717, 1.165) is 12.2 Å². The zero-order chi connectivity index (χ0) is 10.1. The molecule has 0 unspecified atom stereocenters. The minimum Gasteiger partial charge on any atom is -0.544 e. The fourth-order valence-corrected chi connectivity index (χ4v) is 2.31. The standard InChI is InChI=1S/C11H20OSi/c1-9-7-6-8-11(10(9)2)12-13(3,4)5/h8H,6-7H2,1-5H3. The highest BCUT2D eigenvalue weighted by Gasteiger charge is 2.20. The van der Waals surface area contributed by atoms with Crippen LogP contribution in [0.5, 0.6) is 0 Å². The first-order chi connectivity index (χ1) is 5.90. The third-order valence-electron chi connectivity index (χ3n) is 2.27. The van der Waals surface area contributed by atoms with Gasteiger partial charge in [-0.25, -0.2) is 0 Å². The van der Waals surface area contributed by atoms with Crippen molar-refractivity contribution in [3.8, 4) is 0 Å². The van der Waals surface area contributed by atoms with Crippen LogP contribution in [-0.4, -0.2) is 8.32 Å². The molecule has 0 radical (unpaired) electrons. The minimum atomic E-state index is -1.42. The van der Waals surface area contributed by atoms with E-state index in [2.05, 4.69) is 39.6 Å². The van der Waals surface area contributed by atoms with E-state index >= 15 is 0 Å². The fourth-order valence-electron chi connectivity index (χ4n) is 1.42. The van der Waals surface area contributed by atoms with Gasteiger partial charge in [0.1, 0.15) is 5.76 Å². The largest absolute Gasteiger partial charge is 0.544 e. The van der Waals surface area contributed by atoms with Crippen molar-refractivity contribution in [2.24, 2.45) is 0 Å². The Balaban J connectivity index is 2.76. The van der Waals surface area contributed by atoms with Gasteiger partial charge < -0.3 is 4.43 Å². The van der Waals surface area contributed by atoms with Crippen molar-refractivity contribution in [3.05, 3.63) is 23.0 Å². The monoisotopic (exact) mass is 196 g/mol. The number of allylic oxidation sites excluding steroid dienone is 3. The Morgan fingerprint density at radius 3 is 2.38 bits per heavy atom. The van der Waals surface area contributed by atoms with E-state index in [9.17, 15) is 0 Å². The molecule has 0 saturated carbocycles. The van der Waals surface area contributed by atoms with Gasteiger partial charge in [0.15, 0.2) is 0 Å². The maximum absolute atomic E-state index is 6.00. The van der Waals surface area contributed by atoms with E-state index in [-0.39, 0.29) is 0 Å². The van der Waals surface area contributed by atoms with Crippen molar-refractivity contribution in [3.63, 3.8) is 0 Å². The summed E-state index contributed by atoms with van der Waals surface area (Å²) in [5.74, 6) is 1.14. The number of hydrogen-bond acceptors (Lipinski definition) is 1. The summed E-state index contributed by atoms with van der Waals surface area (Å²) in [7, 11) is -1.42. The Bertz CT molecular complexity index is 256. The highest BCUT2D eigenvalue weighted by Crippen LogP contribution is 2.27. The van der Waals surface area contributed by atoms with E-state index in [1.165, 1.54) is 17.6 Å². The van der Waals surface area contributed by atoms with Crippen molar-refractivity contribution in [2.75, 3.05) is 0 Å². The Morgan fingerprint density at radius 2 is 1.85 bits per heavy atom. The van der Waals surface area contributed by atoms with E-state index in [0.29, 0.717) is 0 Å². The van der Waals surface area contributed by atoms with Gasteiger partial charge in [0, 0.05) is 0 Å². The Morgan fingerprint density at radius 1 is 1.23 bits per heavy atom. The lowest BCUT2D eigenvalue weighted by molar-refractivity contribution is 0.425. The second kappa shape index (κ2) is 3.70. The van der Waals surface area contributed by atoms with Gasteiger partial charge in [-0.05, 0) is 58.0 Å². The minimum absolute atomic E-state index is 1.14. The summed E-state index contributed by atoms with van der Waals surface area (Å²) in [6, 6.07) is 0. The van der Waals surface area contributed by atoms with Crippen molar-refractivity contribution < 1.29 is 4.43 Å². The van der Waals surface area contributed by atoms with Gasteiger partial charge in [-0.1, -0.05) is 5.57 Å². The highest BCUT2D eigenvalue weighted by molar-refractivity contribution is 6.70. The summed E-state index contributed by atoms with van der Waals surface area (Å²) in [5, 5.41) is 0. The molecule has 0 bridgehead atoms. The molecule has 13 heavy (non-hydrogen) atoms. The molecule has 0 aliphatic heterocycles. The van der Waals surface area contributed by atoms with Crippen molar-refractivity contribution in [1.29, 1.82) is 0 Å². The molecule has 0 saturated heterocycles. The van der Waals surface area contributed by atoms with Gasteiger partial charge in [0.05, 0.1) is 0 Å². The molecule has 74 valence electrons. The zero-order valence-electron chi connectivity index (χ0n) is 9.40. The Hall–Kier alpha value is -0.503. The van der Waals surface area contributed by atoms with Gasteiger partial charge in [0.2, 0.25) is 8.32 Å². The van der Waals surface area contributed by atoms with E-state index in [4.69, 9.17) is 4.43 Å². The molecular formula is C11H20OSi. The van der Waals surface area contributed by atoms with Crippen LogP contribution >= 0.6 is 0 Å². The average molecular weight is 196 g/mol.